The summed E-state index contributed by atoms with van der Waals surface area (Å²) in [5.74, 6) is -0.238. The van der Waals surface area contributed by atoms with Crippen LogP contribution in [0.2, 0.25) is 0 Å². The Kier molecular flexibility index (Phi) is 4.94. The highest BCUT2D eigenvalue weighted by Gasteiger charge is 2.25. The topological polar surface area (TPSA) is 63.0 Å². The van der Waals surface area contributed by atoms with Gasteiger partial charge in [0.05, 0.1) is 18.3 Å². The Balaban J connectivity index is 1.46. The summed E-state index contributed by atoms with van der Waals surface area (Å²) < 4.78 is 18.0. The Morgan fingerprint density at radius 2 is 2.15 bits per heavy atom. The third-order valence-corrected chi connectivity index (χ3v) is 5.71. The molecule has 0 bridgehead atoms. The van der Waals surface area contributed by atoms with Gasteiger partial charge in [-0.15, -0.1) is 11.3 Å². The maximum atomic E-state index is 13.2. The van der Waals surface area contributed by atoms with Crippen LogP contribution in [0.3, 0.4) is 0 Å². The molecule has 0 amide bonds. The van der Waals surface area contributed by atoms with Gasteiger partial charge in [-0.05, 0) is 55.7 Å². The summed E-state index contributed by atoms with van der Waals surface area (Å²) in [6.07, 6.45) is 4.62. The third kappa shape index (κ3) is 3.76. The van der Waals surface area contributed by atoms with Crippen LogP contribution in [0.4, 0.5) is 4.39 Å². The average molecular weight is 388 g/mol. The fourth-order valence-corrected chi connectivity index (χ4v) is 4.37. The summed E-state index contributed by atoms with van der Waals surface area (Å²) >= 11 is 7.08. The van der Waals surface area contributed by atoms with Crippen LogP contribution in [0.15, 0.2) is 41.1 Å². The fraction of sp³-hybridized carbons (Fsp3) is 0.278. The van der Waals surface area contributed by atoms with Gasteiger partial charge in [-0.2, -0.15) is 0 Å². The lowest BCUT2D eigenvalue weighted by Gasteiger charge is -2.23. The predicted molar refractivity (Wildman–Crippen MR) is 102 cm³/mol. The molecule has 8 heteroatoms. The Morgan fingerprint density at radius 1 is 1.31 bits per heavy atom. The molecule has 5 nitrogen and oxygen atoms in total. The first-order valence-corrected chi connectivity index (χ1v) is 9.60. The molecule has 2 aromatic heterocycles. The molecule has 2 N–H and O–H groups in total. The molecule has 3 aromatic rings. The minimum Gasteiger partial charge on any atom is -0.364 e. The van der Waals surface area contributed by atoms with E-state index in [0.717, 1.165) is 41.2 Å². The number of fused-ring (bicyclic) bond motifs is 1. The number of thiazole rings is 1. The lowest BCUT2D eigenvalue weighted by Crippen LogP contribution is -2.38. The van der Waals surface area contributed by atoms with E-state index in [4.69, 9.17) is 21.7 Å². The van der Waals surface area contributed by atoms with Crippen molar-refractivity contribution < 1.29 is 8.91 Å². The van der Waals surface area contributed by atoms with Crippen molar-refractivity contribution >= 4 is 28.7 Å². The normalized spacial score (nSPS) is 16.1. The first-order chi connectivity index (χ1) is 12.7. The minimum atomic E-state index is -0.238. The number of benzene rings is 1. The van der Waals surface area contributed by atoms with E-state index >= 15 is 0 Å². The lowest BCUT2D eigenvalue weighted by atomic mass is 9.98. The van der Waals surface area contributed by atoms with Gasteiger partial charge in [-0.25, -0.2) is 9.37 Å². The number of rotatable bonds is 4. The van der Waals surface area contributed by atoms with Crippen molar-refractivity contribution in [1.29, 1.82) is 0 Å². The second-order valence-electron chi connectivity index (χ2n) is 6.10. The van der Waals surface area contributed by atoms with Crippen LogP contribution in [-0.2, 0) is 13.0 Å². The molecule has 0 spiro atoms. The summed E-state index contributed by atoms with van der Waals surface area (Å²) in [5.41, 5.74) is 2.79. The SMILES string of the molecule is Fc1ccc(-c2nc3c(s2)CCCC3NC(=S)NCc2ccon2)cc1. The highest BCUT2D eigenvalue weighted by atomic mass is 32.1. The van der Waals surface area contributed by atoms with Crippen LogP contribution >= 0.6 is 23.6 Å². The summed E-state index contributed by atoms with van der Waals surface area (Å²) in [6, 6.07) is 8.35. The number of nitrogens with zero attached hydrogens (tertiary/aromatic N) is 2. The molecule has 1 aliphatic rings. The first-order valence-electron chi connectivity index (χ1n) is 8.38. The monoisotopic (exact) mass is 388 g/mol. The van der Waals surface area contributed by atoms with E-state index in [1.165, 1.54) is 23.3 Å². The molecule has 0 saturated heterocycles. The summed E-state index contributed by atoms with van der Waals surface area (Å²) in [4.78, 5) is 6.08. The van der Waals surface area contributed by atoms with Crippen molar-refractivity contribution in [2.45, 2.75) is 31.8 Å². The molecule has 0 aliphatic heterocycles. The Hall–Kier alpha value is -2.32. The molecule has 0 fully saturated rings. The molecule has 1 aromatic carbocycles. The molecular formula is C18H17FN4OS2. The summed E-state index contributed by atoms with van der Waals surface area (Å²) in [5, 5.41) is 11.8. The molecule has 134 valence electrons. The highest BCUT2D eigenvalue weighted by molar-refractivity contribution is 7.80. The van der Waals surface area contributed by atoms with Crippen LogP contribution < -0.4 is 10.6 Å². The van der Waals surface area contributed by atoms with Crippen molar-refractivity contribution in [3.05, 3.63) is 58.7 Å². The van der Waals surface area contributed by atoms with Gasteiger partial charge in [-0.1, -0.05) is 5.16 Å². The number of thiocarbonyl (C=S) groups is 1. The van der Waals surface area contributed by atoms with E-state index in [2.05, 4.69) is 15.8 Å². The maximum Gasteiger partial charge on any atom is 0.167 e. The number of halogens is 1. The zero-order valence-corrected chi connectivity index (χ0v) is 15.5. The van der Waals surface area contributed by atoms with Crippen molar-refractivity contribution in [1.82, 2.24) is 20.8 Å². The Morgan fingerprint density at radius 3 is 2.92 bits per heavy atom. The predicted octanol–water partition coefficient (Wildman–Crippen LogP) is 3.98. The van der Waals surface area contributed by atoms with Gasteiger partial charge in [0.1, 0.15) is 22.8 Å². The van der Waals surface area contributed by atoms with Crippen molar-refractivity contribution in [2.24, 2.45) is 0 Å². The number of aromatic nitrogens is 2. The molecule has 0 saturated carbocycles. The zero-order valence-electron chi connectivity index (χ0n) is 13.9. The van der Waals surface area contributed by atoms with Crippen LogP contribution in [0.5, 0.6) is 0 Å². The smallest absolute Gasteiger partial charge is 0.167 e. The second kappa shape index (κ2) is 7.51. The van der Waals surface area contributed by atoms with E-state index in [0.29, 0.717) is 11.7 Å². The van der Waals surface area contributed by atoms with Gasteiger partial charge in [0.25, 0.3) is 0 Å². The first kappa shape index (κ1) is 17.1. The van der Waals surface area contributed by atoms with Crippen LogP contribution in [0.25, 0.3) is 10.6 Å². The largest absolute Gasteiger partial charge is 0.364 e. The molecule has 1 aliphatic carbocycles. The van der Waals surface area contributed by atoms with Gasteiger partial charge in [0.15, 0.2) is 5.11 Å². The van der Waals surface area contributed by atoms with E-state index in [1.54, 1.807) is 29.5 Å². The summed E-state index contributed by atoms with van der Waals surface area (Å²) in [7, 11) is 0. The number of nitrogens with one attached hydrogen (secondary N) is 2. The van der Waals surface area contributed by atoms with E-state index in [1.807, 2.05) is 0 Å². The third-order valence-electron chi connectivity index (χ3n) is 4.27. The van der Waals surface area contributed by atoms with E-state index in [-0.39, 0.29) is 11.9 Å². The van der Waals surface area contributed by atoms with Gasteiger partial charge < -0.3 is 15.2 Å². The molecule has 4 rings (SSSR count). The average Bonchev–Trinajstić information content (AvgIpc) is 3.31. The molecule has 0 radical (unpaired) electrons. The van der Waals surface area contributed by atoms with Crippen molar-refractivity contribution in [3.8, 4) is 10.6 Å². The number of hydrogen-bond acceptors (Lipinski definition) is 5. The number of hydrogen-bond donors (Lipinski definition) is 2. The van der Waals surface area contributed by atoms with E-state index < -0.39 is 0 Å². The quantitative estimate of drug-likeness (QED) is 0.659. The standard InChI is InChI=1S/C18H17FN4OS2/c19-12-6-4-11(5-7-12)17-22-16-14(2-1-3-15(16)26-17)21-18(25)20-10-13-8-9-24-23-13/h4-9,14H,1-3,10H2,(H2,20,21,25). The van der Waals surface area contributed by atoms with Crippen molar-refractivity contribution in [3.63, 3.8) is 0 Å². The maximum absolute atomic E-state index is 13.2. The molecule has 1 unspecified atom stereocenters. The van der Waals surface area contributed by atoms with Crippen LogP contribution in [0.1, 0.15) is 35.1 Å². The Labute approximate surface area is 159 Å². The molecular weight excluding hydrogens is 371 g/mol. The fourth-order valence-electron chi connectivity index (χ4n) is 2.98. The molecule has 26 heavy (non-hydrogen) atoms. The van der Waals surface area contributed by atoms with Gasteiger partial charge in [0.2, 0.25) is 0 Å². The van der Waals surface area contributed by atoms with Gasteiger partial charge >= 0.3 is 0 Å². The van der Waals surface area contributed by atoms with Crippen molar-refractivity contribution in [2.75, 3.05) is 0 Å². The van der Waals surface area contributed by atoms with Gasteiger partial charge in [-0.3, -0.25) is 0 Å². The highest BCUT2D eigenvalue weighted by Crippen LogP contribution is 2.37. The second-order valence-corrected chi connectivity index (χ2v) is 7.59. The molecule has 2 heterocycles. The summed E-state index contributed by atoms with van der Waals surface area (Å²) in [6.45, 7) is 0.514. The van der Waals surface area contributed by atoms with Crippen LogP contribution in [-0.4, -0.2) is 15.3 Å². The van der Waals surface area contributed by atoms with Crippen LogP contribution in [0, 0.1) is 5.82 Å². The number of aryl methyl sites for hydroxylation is 1. The zero-order chi connectivity index (χ0) is 17.9. The van der Waals surface area contributed by atoms with E-state index in [9.17, 15) is 4.39 Å². The minimum absolute atomic E-state index is 0.0847. The Bertz CT molecular complexity index is 893. The van der Waals surface area contributed by atoms with Gasteiger partial charge in [0, 0.05) is 16.5 Å². The molecule has 1 atom stereocenters. The lowest BCUT2D eigenvalue weighted by molar-refractivity contribution is 0.410.